The van der Waals surface area contributed by atoms with Crippen LogP contribution in [0.2, 0.25) is 0 Å². The van der Waals surface area contributed by atoms with Gasteiger partial charge in [0.25, 0.3) is 0 Å². The van der Waals surface area contributed by atoms with E-state index in [1.54, 1.807) is 37.3 Å². The van der Waals surface area contributed by atoms with Gasteiger partial charge in [-0.2, -0.15) is 13.2 Å². The molecular weight excluding hydrogens is 267 g/mol. The molecule has 1 unspecified atom stereocenters. The van der Waals surface area contributed by atoms with Crippen molar-refractivity contribution in [1.82, 2.24) is 5.32 Å². The molecule has 2 rings (SSSR count). The van der Waals surface area contributed by atoms with Crippen molar-refractivity contribution in [1.29, 1.82) is 0 Å². The van der Waals surface area contributed by atoms with Crippen LogP contribution in [0, 0.1) is 0 Å². The maximum absolute atomic E-state index is 13.4. The molecule has 1 saturated heterocycles. The van der Waals surface area contributed by atoms with Gasteiger partial charge in [0.1, 0.15) is 0 Å². The van der Waals surface area contributed by atoms with Crippen LogP contribution in [0.3, 0.4) is 0 Å². The Labute approximate surface area is 116 Å². The first-order valence-corrected chi connectivity index (χ1v) is 6.47. The van der Waals surface area contributed by atoms with Crippen molar-refractivity contribution in [3.05, 3.63) is 48.6 Å². The second kappa shape index (κ2) is 5.22. The third kappa shape index (κ3) is 2.88. The van der Waals surface area contributed by atoms with E-state index < -0.39 is 17.3 Å². The molecule has 0 amide bonds. The van der Waals surface area contributed by atoms with Crippen LogP contribution in [0.1, 0.15) is 13.3 Å². The van der Waals surface area contributed by atoms with Crippen molar-refractivity contribution in [3.63, 3.8) is 0 Å². The third-order valence-electron chi connectivity index (χ3n) is 3.59. The van der Waals surface area contributed by atoms with E-state index in [9.17, 15) is 13.2 Å². The lowest BCUT2D eigenvalue weighted by molar-refractivity contribution is -0.267. The van der Waals surface area contributed by atoms with Crippen LogP contribution in [0.15, 0.2) is 48.6 Å². The van der Waals surface area contributed by atoms with Crippen LogP contribution in [0.4, 0.5) is 13.2 Å². The van der Waals surface area contributed by atoms with Gasteiger partial charge < -0.3 is 10.1 Å². The Balaban J connectivity index is 2.10. The summed E-state index contributed by atoms with van der Waals surface area (Å²) in [5, 5.41) is 2.88. The normalized spacial score (nSPS) is 28.5. The molecule has 0 aromatic heterocycles. The summed E-state index contributed by atoms with van der Waals surface area (Å²) in [5.41, 5.74) is -2.05. The average Bonchev–Trinajstić information content (AvgIpc) is 2.99. The zero-order valence-electron chi connectivity index (χ0n) is 11.3. The van der Waals surface area contributed by atoms with Crippen molar-refractivity contribution < 1.29 is 17.9 Å². The summed E-state index contributed by atoms with van der Waals surface area (Å²) in [5.74, 6) is 0. The van der Waals surface area contributed by atoms with Crippen molar-refractivity contribution in [2.24, 2.45) is 0 Å². The quantitative estimate of drug-likeness (QED) is 0.618. The number of alkyl halides is 3. The summed E-state index contributed by atoms with van der Waals surface area (Å²) in [6.45, 7) is 5.04. The molecule has 2 aliphatic rings. The van der Waals surface area contributed by atoms with Gasteiger partial charge in [0.2, 0.25) is 0 Å². The average molecular weight is 285 g/mol. The number of hydrogen-bond donors (Lipinski definition) is 1. The van der Waals surface area contributed by atoms with E-state index in [0.717, 1.165) is 0 Å². The molecule has 0 radical (unpaired) electrons. The van der Waals surface area contributed by atoms with E-state index in [-0.39, 0.29) is 19.6 Å². The molecule has 0 bridgehead atoms. The fraction of sp³-hybridized carbons (Fsp3) is 0.467. The van der Waals surface area contributed by atoms with Crippen molar-refractivity contribution >= 4 is 0 Å². The Morgan fingerprint density at radius 1 is 1.45 bits per heavy atom. The lowest BCUT2D eigenvalue weighted by Crippen LogP contribution is -2.49. The topological polar surface area (TPSA) is 21.3 Å². The predicted molar refractivity (Wildman–Crippen MR) is 72.3 cm³/mol. The highest BCUT2D eigenvalue weighted by Gasteiger charge is 2.64. The summed E-state index contributed by atoms with van der Waals surface area (Å²) in [6, 6.07) is 0. The van der Waals surface area contributed by atoms with Crippen LogP contribution in [-0.4, -0.2) is 30.5 Å². The molecule has 1 N–H and O–H groups in total. The van der Waals surface area contributed by atoms with E-state index in [2.05, 4.69) is 11.9 Å². The van der Waals surface area contributed by atoms with Gasteiger partial charge in [-0.15, -0.1) is 0 Å². The lowest BCUT2D eigenvalue weighted by Gasteiger charge is -2.31. The Bertz CT molecular complexity index is 470. The summed E-state index contributed by atoms with van der Waals surface area (Å²) >= 11 is 0. The van der Waals surface area contributed by atoms with E-state index in [0.29, 0.717) is 5.57 Å². The molecule has 2 nitrogen and oxygen atoms in total. The summed E-state index contributed by atoms with van der Waals surface area (Å²) in [7, 11) is 0. The molecule has 0 saturated carbocycles. The van der Waals surface area contributed by atoms with Crippen LogP contribution in [-0.2, 0) is 4.74 Å². The van der Waals surface area contributed by atoms with Gasteiger partial charge in [0.15, 0.2) is 5.60 Å². The fourth-order valence-electron chi connectivity index (χ4n) is 2.36. The Hall–Kier alpha value is -1.33. The maximum Gasteiger partial charge on any atom is 0.418 e. The molecule has 0 aromatic carbocycles. The minimum atomic E-state index is -4.40. The number of halogens is 3. The maximum atomic E-state index is 13.4. The van der Waals surface area contributed by atoms with E-state index in [1.807, 2.05) is 0 Å². The second-order valence-corrected chi connectivity index (χ2v) is 5.16. The number of hydrogen-bond acceptors (Lipinski definition) is 2. The Morgan fingerprint density at radius 3 is 2.60 bits per heavy atom. The molecule has 1 fully saturated rings. The van der Waals surface area contributed by atoms with E-state index in [4.69, 9.17) is 4.74 Å². The van der Waals surface area contributed by atoms with Gasteiger partial charge in [-0.3, -0.25) is 0 Å². The van der Waals surface area contributed by atoms with E-state index in [1.165, 1.54) is 6.08 Å². The second-order valence-electron chi connectivity index (χ2n) is 5.16. The highest BCUT2D eigenvalue weighted by molar-refractivity contribution is 5.38. The first-order valence-electron chi connectivity index (χ1n) is 6.47. The molecule has 0 aromatic rings. The largest absolute Gasteiger partial charge is 0.418 e. The van der Waals surface area contributed by atoms with Crippen LogP contribution >= 0.6 is 0 Å². The minimum absolute atomic E-state index is 0.0897. The standard InChI is InChI=1S/C15H18F3NO/c1-3-5-12(6-4-2)9-20-14(15(16,17)18)10-13(7-8-13)19-11-14/h3-8,19H,1,9-11H2,2H3/b6-4-,12-5+. The molecule has 5 heteroatoms. The van der Waals surface area contributed by atoms with Crippen molar-refractivity contribution in [2.45, 2.75) is 30.7 Å². The lowest BCUT2D eigenvalue weighted by atomic mass is 9.97. The Kier molecular flexibility index (Phi) is 3.93. The molecule has 1 heterocycles. The Morgan fingerprint density at radius 2 is 2.15 bits per heavy atom. The highest BCUT2D eigenvalue weighted by atomic mass is 19.4. The number of ether oxygens (including phenoxy) is 1. The van der Waals surface area contributed by atoms with Crippen LogP contribution in [0.5, 0.6) is 0 Å². The zero-order valence-corrected chi connectivity index (χ0v) is 11.3. The smallest absolute Gasteiger partial charge is 0.359 e. The van der Waals surface area contributed by atoms with Crippen molar-refractivity contribution in [3.8, 4) is 0 Å². The molecular formula is C15H18F3NO. The third-order valence-corrected chi connectivity index (χ3v) is 3.59. The van der Waals surface area contributed by atoms with Crippen LogP contribution in [0.25, 0.3) is 0 Å². The van der Waals surface area contributed by atoms with E-state index >= 15 is 0 Å². The summed E-state index contributed by atoms with van der Waals surface area (Å²) in [6.07, 6.45) is 5.67. The molecule has 1 aliphatic carbocycles. The van der Waals surface area contributed by atoms with Gasteiger partial charge in [-0.25, -0.2) is 0 Å². The first kappa shape index (κ1) is 15.1. The summed E-state index contributed by atoms with van der Waals surface area (Å²) < 4.78 is 45.4. The first-order chi connectivity index (χ1) is 9.36. The van der Waals surface area contributed by atoms with Gasteiger partial charge in [0, 0.05) is 13.0 Å². The SMILES string of the molecule is C=C/C=C(\C=C/C)COC1(C(F)(F)F)CNC2(C=C2)C1. The highest BCUT2D eigenvalue weighted by Crippen LogP contribution is 2.48. The summed E-state index contributed by atoms with van der Waals surface area (Å²) in [4.78, 5) is 0. The van der Waals surface area contributed by atoms with Crippen molar-refractivity contribution in [2.75, 3.05) is 13.2 Å². The minimum Gasteiger partial charge on any atom is -0.359 e. The predicted octanol–water partition coefficient (Wildman–Crippen LogP) is 3.29. The number of nitrogens with one attached hydrogen (secondary N) is 1. The molecule has 110 valence electrons. The number of rotatable bonds is 5. The fourth-order valence-corrected chi connectivity index (χ4v) is 2.36. The molecule has 20 heavy (non-hydrogen) atoms. The monoisotopic (exact) mass is 285 g/mol. The molecule has 1 atom stereocenters. The zero-order chi connectivity index (χ0) is 14.9. The van der Waals surface area contributed by atoms with Gasteiger partial charge >= 0.3 is 6.18 Å². The number of allylic oxidation sites excluding steroid dienone is 3. The van der Waals surface area contributed by atoms with Gasteiger partial charge in [0.05, 0.1) is 12.1 Å². The molecule has 1 spiro atoms. The van der Waals surface area contributed by atoms with Crippen LogP contribution < -0.4 is 5.32 Å². The van der Waals surface area contributed by atoms with Gasteiger partial charge in [-0.05, 0) is 12.5 Å². The molecule has 1 aliphatic heterocycles. The van der Waals surface area contributed by atoms with Gasteiger partial charge in [-0.1, -0.05) is 43.0 Å².